The molecular formula is C58H43NO. The second-order valence-electron chi connectivity index (χ2n) is 17.7. The maximum Gasteiger partial charge on any atom is 0.136 e. The normalized spacial score (nSPS) is 14.3. The summed E-state index contributed by atoms with van der Waals surface area (Å²) < 4.78 is 6.51. The Hall–Kier alpha value is -7.16. The maximum absolute atomic E-state index is 6.51. The van der Waals surface area contributed by atoms with Gasteiger partial charge in [-0.15, -0.1) is 0 Å². The van der Waals surface area contributed by atoms with Gasteiger partial charge in [-0.1, -0.05) is 161 Å². The van der Waals surface area contributed by atoms with Crippen LogP contribution in [-0.2, 0) is 10.8 Å². The number of nitrogens with zero attached hydrogens (tertiary/aromatic N) is 1. The molecule has 12 rings (SSSR count). The first-order valence-corrected chi connectivity index (χ1v) is 21.1. The van der Waals surface area contributed by atoms with Crippen molar-refractivity contribution in [1.29, 1.82) is 0 Å². The smallest absolute Gasteiger partial charge is 0.136 e. The average Bonchev–Trinajstić information content (AvgIpc) is 3.85. The van der Waals surface area contributed by atoms with Crippen molar-refractivity contribution >= 4 is 49.8 Å². The minimum Gasteiger partial charge on any atom is -0.456 e. The highest BCUT2D eigenvalue weighted by Crippen LogP contribution is 2.55. The first kappa shape index (κ1) is 34.8. The van der Waals surface area contributed by atoms with Gasteiger partial charge in [0, 0.05) is 38.5 Å². The van der Waals surface area contributed by atoms with Crippen LogP contribution in [0.1, 0.15) is 49.9 Å². The lowest BCUT2D eigenvalue weighted by atomic mass is 9.80. The molecule has 2 aliphatic carbocycles. The topological polar surface area (TPSA) is 16.4 Å². The van der Waals surface area contributed by atoms with Crippen LogP contribution >= 0.6 is 0 Å². The second kappa shape index (κ2) is 12.7. The number of furan rings is 1. The van der Waals surface area contributed by atoms with Crippen molar-refractivity contribution in [2.45, 2.75) is 38.5 Å². The number of rotatable bonds is 5. The van der Waals surface area contributed by atoms with Gasteiger partial charge in [-0.3, -0.25) is 0 Å². The van der Waals surface area contributed by atoms with Gasteiger partial charge in [0.2, 0.25) is 0 Å². The molecule has 286 valence electrons. The Morgan fingerprint density at radius 3 is 1.93 bits per heavy atom. The summed E-state index contributed by atoms with van der Waals surface area (Å²) in [6.07, 6.45) is 0. The van der Waals surface area contributed by atoms with E-state index in [-0.39, 0.29) is 10.8 Å². The summed E-state index contributed by atoms with van der Waals surface area (Å²) in [5.41, 5.74) is 20.3. The van der Waals surface area contributed by atoms with Crippen molar-refractivity contribution in [1.82, 2.24) is 0 Å². The lowest BCUT2D eigenvalue weighted by Gasteiger charge is -2.30. The Bertz CT molecular complexity index is 3380. The Balaban J connectivity index is 1.13. The first-order valence-electron chi connectivity index (χ1n) is 21.1. The van der Waals surface area contributed by atoms with Crippen LogP contribution in [0, 0.1) is 0 Å². The second-order valence-corrected chi connectivity index (χ2v) is 17.7. The van der Waals surface area contributed by atoms with Crippen molar-refractivity contribution in [3.8, 4) is 44.5 Å². The summed E-state index contributed by atoms with van der Waals surface area (Å²) in [6, 6.07) is 69.4. The van der Waals surface area contributed by atoms with Gasteiger partial charge in [-0.05, 0) is 127 Å². The van der Waals surface area contributed by atoms with E-state index in [0.717, 1.165) is 50.1 Å². The van der Waals surface area contributed by atoms with Gasteiger partial charge >= 0.3 is 0 Å². The molecule has 2 aliphatic rings. The third kappa shape index (κ3) is 4.94. The Morgan fingerprint density at radius 2 is 1.05 bits per heavy atom. The lowest BCUT2D eigenvalue weighted by molar-refractivity contribution is 0.660. The van der Waals surface area contributed by atoms with Crippen LogP contribution in [0.2, 0.25) is 0 Å². The maximum atomic E-state index is 6.51. The Labute approximate surface area is 351 Å². The summed E-state index contributed by atoms with van der Waals surface area (Å²) in [4.78, 5) is 2.47. The summed E-state index contributed by atoms with van der Waals surface area (Å²) in [6.45, 7) is 9.48. The highest BCUT2D eigenvalue weighted by atomic mass is 16.3. The van der Waals surface area contributed by atoms with Crippen molar-refractivity contribution in [3.63, 3.8) is 0 Å². The quantitative estimate of drug-likeness (QED) is 0.173. The van der Waals surface area contributed by atoms with Crippen LogP contribution in [-0.4, -0.2) is 0 Å². The Morgan fingerprint density at radius 1 is 0.367 bits per heavy atom. The zero-order chi connectivity index (χ0) is 40.3. The molecule has 0 saturated carbocycles. The van der Waals surface area contributed by atoms with Crippen LogP contribution in [0.3, 0.4) is 0 Å². The van der Waals surface area contributed by atoms with Gasteiger partial charge < -0.3 is 9.32 Å². The van der Waals surface area contributed by atoms with Gasteiger partial charge in [0.1, 0.15) is 11.2 Å². The zero-order valence-corrected chi connectivity index (χ0v) is 34.3. The SMILES string of the molecule is CC1(C)c2ccccc2-c2cc(N(c3ccccc3)c3cccc(-c4ccc5c(c4)oc4ccccc45)c3-c3ccc4c(c3)C(C)(C)c3ccc5ccccc5c3-4)ccc21. The standard InChI is InChI=1S/C58H43NO/c1-57(2)48-22-12-10-19-43(48)47-35-40(28-32-49(47)57)59(39-16-6-5-7-17-39)52-23-14-21-42(37-25-29-45-44-20-11-13-24-53(44)60-54(45)34-37)55(52)38-26-30-46-51(33-38)58(3,4)50-31-27-36-15-8-9-18-41(36)56(46)50/h5-35H,1-4H3. The van der Waals surface area contributed by atoms with E-state index in [9.17, 15) is 0 Å². The van der Waals surface area contributed by atoms with Crippen molar-refractivity contribution in [2.24, 2.45) is 0 Å². The summed E-state index contributed by atoms with van der Waals surface area (Å²) in [7, 11) is 0. The van der Waals surface area contributed by atoms with E-state index in [4.69, 9.17) is 4.42 Å². The molecule has 2 nitrogen and oxygen atoms in total. The molecule has 2 heteroatoms. The van der Waals surface area contributed by atoms with Gasteiger partial charge in [0.15, 0.2) is 0 Å². The first-order chi connectivity index (χ1) is 29.3. The van der Waals surface area contributed by atoms with Crippen LogP contribution in [0.25, 0.3) is 77.2 Å². The van der Waals surface area contributed by atoms with Gasteiger partial charge in [0.25, 0.3) is 0 Å². The lowest BCUT2D eigenvalue weighted by Crippen LogP contribution is -2.16. The molecule has 0 N–H and O–H groups in total. The van der Waals surface area contributed by atoms with Crippen LogP contribution < -0.4 is 4.90 Å². The predicted molar refractivity (Wildman–Crippen MR) is 252 cm³/mol. The molecule has 0 bridgehead atoms. The zero-order valence-electron chi connectivity index (χ0n) is 34.3. The molecule has 9 aromatic carbocycles. The Kier molecular flexibility index (Phi) is 7.36. The monoisotopic (exact) mass is 769 g/mol. The number of fused-ring (bicyclic) bond motifs is 11. The molecule has 0 saturated heterocycles. The summed E-state index contributed by atoms with van der Waals surface area (Å²) in [5.74, 6) is 0. The number of anilines is 3. The van der Waals surface area contributed by atoms with E-state index in [2.05, 4.69) is 215 Å². The van der Waals surface area contributed by atoms with E-state index in [1.165, 1.54) is 66.4 Å². The summed E-state index contributed by atoms with van der Waals surface area (Å²) in [5, 5.41) is 4.85. The highest BCUT2D eigenvalue weighted by Gasteiger charge is 2.38. The molecule has 0 unspecified atom stereocenters. The number of para-hydroxylation sites is 2. The third-order valence-corrected chi connectivity index (χ3v) is 13.7. The van der Waals surface area contributed by atoms with Crippen molar-refractivity contribution in [2.75, 3.05) is 4.90 Å². The van der Waals surface area contributed by atoms with Gasteiger partial charge in [-0.25, -0.2) is 0 Å². The fourth-order valence-electron chi connectivity index (χ4n) is 10.7. The third-order valence-electron chi connectivity index (χ3n) is 13.7. The molecular weight excluding hydrogens is 727 g/mol. The summed E-state index contributed by atoms with van der Waals surface area (Å²) >= 11 is 0. The van der Waals surface area contributed by atoms with Crippen molar-refractivity contribution in [3.05, 3.63) is 210 Å². The van der Waals surface area contributed by atoms with E-state index >= 15 is 0 Å². The van der Waals surface area contributed by atoms with E-state index in [1.807, 2.05) is 6.07 Å². The molecule has 60 heavy (non-hydrogen) atoms. The number of hydrogen-bond acceptors (Lipinski definition) is 2. The molecule has 0 fully saturated rings. The van der Waals surface area contributed by atoms with Crippen LogP contribution in [0.5, 0.6) is 0 Å². The molecule has 0 radical (unpaired) electrons. The predicted octanol–water partition coefficient (Wildman–Crippen LogP) is 16.2. The minimum absolute atomic E-state index is 0.0808. The van der Waals surface area contributed by atoms with Gasteiger partial charge in [0.05, 0.1) is 5.69 Å². The minimum atomic E-state index is -0.188. The fraction of sp³-hybridized carbons (Fsp3) is 0.103. The number of hydrogen-bond donors (Lipinski definition) is 0. The highest BCUT2D eigenvalue weighted by molar-refractivity contribution is 6.08. The van der Waals surface area contributed by atoms with Gasteiger partial charge in [-0.2, -0.15) is 0 Å². The van der Waals surface area contributed by atoms with Crippen LogP contribution in [0.15, 0.2) is 192 Å². The van der Waals surface area contributed by atoms with Crippen molar-refractivity contribution < 1.29 is 4.42 Å². The average molecular weight is 770 g/mol. The largest absolute Gasteiger partial charge is 0.456 e. The molecule has 0 atom stereocenters. The fourth-order valence-corrected chi connectivity index (χ4v) is 10.7. The molecule has 1 aromatic heterocycles. The van der Waals surface area contributed by atoms with E-state index in [1.54, 1.807) is 0 Å². The molecule has 1 heterocycles. The number of benzene rings is 9. The van der Waals surface area contributed by atoms with E-state index < -0.39 is 0 Å². The molecule has 10 aromatic rings. The molecule has 0 spiro atoms. The molecule has 0 amide bonds. The molecule has 0 aliphatic heterocycles. The van der Waals surface area contributed by atoms with Crippen LogP contribution in [0.4, 0.5) is 17.1 Å². The van der Waals surface area contributed by atoms with E-state index in [0.29, 0.717) is 0 Å².